The summed E-state index contributed by atoms with van der Waals surface area (Å²) in [5, 5.41) is 10.6. The number of rotatable bonds is 5. The number of nitrogens with zero attached hydrogens (tertiary/aromatic N) is 2. The summed E-state index contributed by atoms with van der Waals surface area (Å²) in [6.07, 6.45) is 8.65. The van der Waals surface area contributed by atoms with Crippen LogP contribution in [-0.4, -0.2) is 35.0 Å². The van der Waals surface area contributed by atoms with E-state index in [2.05, 4.69) is 22.9 Å². The van der Waals surface area contributed by atoms with Crippen LogP contribution in [0, 0.1) is 16.7 Å². The van der Waals surface area contributed by atoms with Crippen LogP contribution in [-0.2, 0) is 4.79 Å². The highest BCUT2D eigenvalue weighted by atomic mass is 35.5. The first-order valence-corrected chi connectivity index (χ1v) is 11.3. The van der Waals surface area contributed by atoms with Crippen LogP contribution in [0.1, 0.15) is 70.3 Å². The van der Waals surface area contributed by atoms with Gasteiger partial charge in [0.15, 0.2) is 0 Å². The lowest BCUT2D eigenvalue weighted by molar-refractivity contribution is -0.145. The smallest absolute Gasteiger partial charge is 0.230 e. The Bertz CT molecular complexity index is 994. The number of benzene rings is 1. The summed E-state index contributed by atoms with van der Waals surface area (Å²) in [6.45, 7) is 4.33. The molecule has 0 radical (unpaired) electrons. The van der Waals surface area contributed by atoms with Crippen molar-refractivity contribution in [1.29, 1.82) is 5.26 Å². The minimum atomic E-state index is -0.320. The van der Waals surface area contributed by atoms with Crippen molar-refractivity contribution in [2.24, 2.45) is 5.41 Å². The van der Waals surface area contributed by atoms with Crippen LogP contribution in [0.25, 0.3) is 10.9 Å². The molecule has 2 aliphatic rings. The number of nitriles is 1. The van der Waals surface area contributed by atoms with E-state index in [-0.39, 0.29) is 23.9 Å². The number of halogens is 1. The number of aromatic nitrogens is 1. The molecule has 30 heavy (non-hydrogen) atoms. The van der Waals surface area contributed by atoms with E-state index in [0.717, 1.165) is 42.1 Å². The summed E-state index contributed by atoms with van der Waals surface area (Å²) in [6, 6.07) is 6.46. The number of nitrogens with one attached hydrogen (secondary N) is 1. The fraction of sp³-hybridized carbons (Fsp3) is 0.583. The van der Waals surface area contributed by atoms with Gasteiger partial charge in [-0.3, -0.25) is 4.79 Å². The number of piperidine rings is 1. The van der Waals surface area contributed by atoms with Crippen LogP contribution < -0.4 is 4.74 Å². The highest BCUT2D eigenvalue weighted by Gasteiger charge is 2.46. The molecule has 5 nitrogen and oxygen atoms in total. The largest absolute Gasteiger partial charge is 0.495 e. The Morgan fingerprint density at radius 3 is 3.00 bits per heavy atom. The van der Waals surface area contributed by atoms with Gasteiger partial charge in [-0.15, -0.1) is 0 Å². The van der Waals surface area contributed by atoms with Crippen molar-refractivity contribution in [2.45, 2.75) is 76.8 Å². The second kappa shape index (κ2) is 8.15. The van der Waals surface area contributed by atoms with Crippen molar-refractivity contribution in [1.82, 2.24) is 9.88 Å². The molecule has 1 aliphatic heterocycles. The molecule has 4 rings (SSSR count). The van der Waals surface area contributed by atoms with Crippen molar-refractivity contribution in [3.05, 3.63) is 28.9 Å². The number of ether oxygens (including phenoxy) is 1. The third kappa shape index (κ3) is 3.56. The molecule has 1 saturated heterocycles. The van der Waals surface area contributed by atoms with Crippen molar-refractivity contribution >= 4 is 28.4 Å². The van der Waals surface area contributed by atoms with Crippen molar-refractivity contribution < 1.29 is 9.53 Å². The maximum absolute atomic E-state index is 13.8. The number of hydrogen-bond donors (Lipinski definition) is 1. The molecule has 1 amide bonds. The minimum absolute atomic E-state index is 0.138. The first-order valence-electron chi connectivity index (χ1n) is 10.9. The van der Waals surface area contributed by atoms with E-state index >= 15 is 0 Å². The Morgan fingerprint density at radius 1 is 1.47 bits per heavy atom. The van der Waals surface area contributed by atoms with Gasteiger partial charge in [-0.1, -0.05) is 24.9 Å². The molecule has 1 aliphatic carbocycles. The molecular weight excluding hydrogens is 398 g/mol. The summed E-state index contributed by atoms with van der Waals surface area (Å²) in [4.78, 5) is 19.2. The molecule has 4 unspecified atom stereocenters. The molecule has 1 N–H and O–H groups in total. The van der Waals surface area contributed by atoms with Crippen molar-refractivity contribution in [3.63, 3.8) is 0 Å². The van der Waals surface area contributed by atoms with Crippen molar-refractivity contribution in [3.8, 4) is 11.8 Å². The summed E-state index contributed by atoms with van der Waals surface area (Å²) in [5.41, 5.74) is 2.10. The predicted molar refractivity (Wildman–Crippen MR) is 119 cm³/mol. The number of hydrogen-bond acceptors (Lipinski definition) is 3. The molecular formula is C24H30ClN3O2. The lowest BCUT2D eigenvalue weighted by Gasteiger charge is -2.53. The molecule has 1 saturated carbocycles. The van der Waals surface area contributed by atoms with Crippen LogP contribution in [0.2, 0.25) is 5.02 Å². The van der Waals surface area contributed by atoms with Gasteiger partial charge in [0.2, 0.25) is 5.91 Å². The summed E-state index contributed by atoms with van der Waals surface area (Å²) < 4.78 is 5.39. The minimum Gasteiger partial charge on any atom is -0.495 e. The van der Waals surface area contributed by atoms with Gasteiger partial charge in [-0.2, -0.15) is 5.26 Å². The van der Waals surface area contributed by atoms with Gasteiger partial charge in [-0.05, 0) is 62.1 Å². The molecule has 1 aromatic heterocycles. The second-order valence-electron chi connectivity index (χ2n) is 9.33. The van der Waals surface area contributed by atoms with E-state index in [4.69, 9.17) is 21.6 Å². The van der Waals surface area contributed by atoms with Crippen molar-refractivity contribution in [2.75, 3.05) is 7.11 Å². The predicted octanol–water partition coefficient (Wildman–Crippen LogP) is 5.79. The lowest BCUT2D eigenvalue weighted by atomic mass is 9.65. The highest BCUT2D eigenvalue weighted by molar-refractivity contribution is 6.37. The third-order valence-electron chi connectivity index (χ3n) is 7.24. The van der Waals surface area contributed by atoms with E-state index < -0.39 is 0 Å². The molecule has 160 valence electrons. The summed E-state index contributed by atoms with van der Waals surface area (Å²) >= 11 is 6.62. The number of carbonyl (C=O) groups is 1. The Hall–Kier alpha value is -2.19. The van der Waals surface area contributed by atoms with Crippen LogP contribution in [0.4, 0.5) is 0 Å². The third-order valence-corrected chi connectivity index (χ3v) is 7.62. The van der Waals surface area contributed by atoms with Gasteiger partial charge in [0.05, 0.1) is 24.1 Å². The first kappa shape index (κ1) is 21.1. The molecule has 2 aromatic rings. The zero-order valence-corrected chi connectivity index (χ0v) is 18.8. The first-order chi connectivity index (χ1) is 14.4. The normalized spacial score (nSPS) is 27.0. The van der Waals surface area contributed by atoms with Crippen LogP contribution >= 0.6 is 11.6 Å². The van der Waals surface area contributed by atoms with Crippen LogP contribution in [0.3, 0.4) is 0 Å². The van der Waals surface area contributed by atoms with Gasteiger partial charge in [-0.25, -0.2) is 0 Å². The number of H-pyrrole nitrogens is 1. The molecule has 1 aromatic carbocycles. The van der Waals surface area contributed by atoms with Gasteiger partial charge in [0, 0.05) is 35.6 Å². The highest BCUT2D eigenvalue weighted by Crippen LogP contribution is 2.49. The molecule has 2 bridgehead atoms. The Morgan fingerprint density at radius 2 is 2.27 bits per heavy atom. The van der Waals surface area contributed by atoms with E-state index in [0.29, 0.717) is 22.6 Å². The Labute approximate surface area is 183 Å². The average Bonchev–Trinajstić information content (AvgIpc) is 3.16. The fourth-order valence-electron chi connectivity index (χ4n) is 5.80. The lowest BCUT2D eigenvalue weighted by Crippen LogP contribution is -2.57. The van der Waals surface area contributed by atoms with E-state index in [1.807, 2.05) is 25.3 Å². The summed E-state index contributed by atoms with van der Waals surface area (Å²) in [7, 11) is 1.60. The molecule has 4 atom stereocenters. The summed E-state index contributed by atoms with van der Waals surface area (Å²) in [5.74, 6) is 0.434. The maximum Gasteiger partial charge on any atom is 0.230 e. The SMILES string of the molecule is COc1ccc2[nH]cc(C(C)C(=O)N3C(CCC#N)CC4(C)CCCC3C4)c2c1Cl. The van der Waals surface area contributed by atoms with Gasteiger partial charge >= 0.3 is 0 Å². The zero-order valence-electron chi connectivity index (χ0n) is 18.0. The molecule has 0 spiro atoms. The van der Waals surface area contributed by atoms with Gasteiger partial charge < -0.3 is 14.6 Å². The zero-order chi connectivity index (χ0) is 21.5. The maximum atomic E-state index is 13.8. The quantitative estimate of drug-likeness (QED) is 0.656. The number of amides is 1. The number of likely N-dealkylation sites (tertiary alicyclic amines) is 1. The number of carbonyl (C=O) groups excluding carboxylic acids is 1. The fourth-order valence-corrected chi connectivity index (χ4v) is 6.15. The van der Waals surface area contributed by atoms with E-state index in [1.54, 1.807) is 7.11 Å². The average molecular weight is 428 g/mol. The van der Waals surface area contributed by atoms with Gasteiger partial charge in [0.1, 0.15) is 5.75 Å². The molecule has 6 heteroatoms. The Kier molecular flexibility index (Phi) is 5.72. The van der Waals surface area contributed by atoms with E-state index in [9.17, 15) is 4.79 Å². The number of fused-ring (bicyclic) bond motifs is 3. The monoisotopic (exact) mass is 427 g/mol. The number of methoxy groups -OCH3 is 1. The topological polar surface area (TPSA) is 69.1 Å². The Balaban J connectivity index is 1.68. The standard InChI is InChI=1S/C24H30ClN3O2/c1-15(18-14-27-19-8-9-20(30-3)22(25)21(18)19)23(29)28-16-6-4-10-24(2,12-16)13-17(28)7-5-11-26/h8-9,14-17,27H,4-7,10,12-13H2,1-3H3. The van der Waals surface area contributed by atoms with Crippen LogP contribution in [0.5, 0.6) is 5.75 Å². The number of aromatic amines is 1. The second-order valence-corrected chi connectivity index (χ2v) is 9.71. The molecule has 2 heterocycles. The van der Waals surface area contributed by atoms with Gasteiger partial charge in [0.25, 0.3) is 0 Å². The van der Waals surface area contributed by atoms with Crippen LogP contribution in [0.15, 0.2) is 18.3 Å². The molecule has 2 fully saturated rings. The van der Waals surface area contributed by atoms with E-state index in [1.165, 1.54) is 12.8 Å².